The third-order valence-corrected chi connectivity index (χ3v) is 3.52. The number of likely N-dealkylation sites (tertiary alicyclic amines) is 1. The van der Waals surface area contributed by atoms with Crippen LogP contribution in [0.2, 0.25) is 0 Å². The molecule has 1 N–H and O–H groups in total. The normalized spacial score (nSPS) is 19.2. The second-order valence-corrected chi connectivity index (χ2v) is 5.38. The topological polar surface area (TPSA) is 80.0 Å². The van der Waals surface area contributed by atoms with Gasteiger partial charge in [-0.1, -0.05) is 5.16 Å². The number of aromatic nitrogens is 4. The summed E-state index contributed by atoms with van der Waals surface area (Å²) in [5.41, 5.74) is -0.952. The van der Waals surface area contributed by atoms with E-state index in [4.69, 9.17) is 4.52 Å². The Morgan fingerprint density at radius 3 is 2.91 bits per heavy atom. The lowest BCUT2D eigenvalue weighted by atomic mass is 10.2. The number of nitrogens with zero attached hydrogens (tertiary/aromatic N) is 5. The third-order valence-electron chi connectivity index (χ3n) is 3.52. The number of nitrogens with one attached hydrogen (secondary N) is 1. The van der Waals surface area contributed by atoms with Gasteiger partial charge in [0.2, 0.25) is 5.89 Å². The lowest BCUT2D eigenvalue weighted by Gasteiger charge is -2.16. The summed E-state index contributed by atoms with van der Waals surface area (Å²) >= 11 is 0. The van der Waals surface area contributed by atoms with Crippen molar-refractivity contribution in [2.75, 3.05) is 18.4 Å². The molecular formula is C13H15F3N6O. The molecule has 1 aliphatic heterocycles. The fourth-order valence-corrected chi connectivity index (χ4v) is 2.50. The maximum absolute atomic E-state index is 12.6. The van der Waals surface area contributed by atoms with Gasteiger partial charge >= 0.3 is 6.18 Å². The van der Waals surface area contributed by atoms with Crippen LogP contribution in [-0.2, 0) is 12.7 Å². The Kier molecular flexibility index (Phi) is 4.16. The van der Waals surface area contributed by atoms with Gasteiger partial charge in [-0.15, -0.1) is 0 Å². The zero-order valence-corrected chi connectivity index (χ0v) is 12.3. The average molecular weight is 328 g/mol. The molecule has 1 unspecified atom stereocenters. The molecule has 0 aromatic carbocycles. The van der Waals surface area contributed by atoms with Crippen LogP contribution >= 0.6 is 0 Å². The van der Waals surface area contributed by atoms with E-state index in [1.807, 2.05) is 0 Å². The summed E-state index contributed by atoms with van der Waals surface area (Å²) in [6.45, 7) is 3.73. The second-order valence-electron chi connectivity index (χ2n) is 5.38. The largest absolute Gasteiger partial charge is 0.433 e. The van der Waals surface area contributed by atoms with Crippen molar-refractivity contribution < 1.29 is 17.7 Å². The van der Waals surface area contributed by atoms with Gasteiger partial charge in [0, 0.05) is 32.1 Å². The standard InChI is InChI=1S/C13H15F3N6O/c1-8-19-12(21-23-8)6-22-3-2-9(5-22)20-11-4-10(13(14,15)16)17-7-18-11/h4,7,9H,2-3,5-6H2,1H3,(H,17,18,20). The van der Waals surface area contributed by atoms with Crippen LogP contribution in [0.5, 0.6) is 0 Å². The number of hydrogen-bond donors (Lipinski definition) is 1. The predicted octanol–water partition coefficient (Wildman–Crippen LogP) is 1.87. The van der Waals surface area contributed by atoms with Gasteiger partial charge < -0.3 is 9.84 Å². The number of halogens is 3. The molecular weight excluding hydrogens is 313 g/mol. The van der Waals surface area contributed by atoms with E-state index in [1.165, 1.54) is 0 Å². The Morgan fingerprint density at radius 2 is 2.22 bits per heavy atom. The average Bonchev–Trinajstić information content (AvgIpc) is 3.08. The van der Waals surface area contributed by atoms with Crippen LogP contribution in [0.3, 0.4) is 0 Å². The van der Waals surface area contributed by atoms with E-state index in [0.717, 1.165) is 25.4 Å². The zero-order chi connectivity index (χ0) is 16.4. The predicted molar refractivity (Wildman–Crippen MR) is 73.4 cm³/mol. The van der Waals surface area contributed by atoms with Crippen molar-refractivity contribution in [2.24, 2.45) is 0 Å². The van der Waals surface area contributed by atoms with Gasteiger partial charge in [-0.3, -0.25) is 4.90 Å². The maximum atomic E-state index is 12.6. The molecule has 124 valence electrons. The van der Waals surface area contributed by atoms with E-state index >= 15 is 0 Å². The highest BCUT2D eigenvalue weighted by Gasteiger charge is 2.33. The highest BCUT2D eigenvalue weighted by atomic mass is 19.4. The minimum absolute atomic E-state index is 0.0129. The fourth-order valence-electron chi connectivity index (χ4n) is 2.50. The summed E-state index contributed by atoms with van der Waals surface area (Å²) < 4.78 is 42.8. The van der Waals surface area contributed by atoms with Crippen molar-refractivity contribution in [3.8, 4) is 0 Å². The van der Waals surface area contributed by atoms with Gasteiger partial charge in [-0.25, -0.2) is 9.97 Å². The summed E-state index contributed by atoms with van der Waals surface area (Å²) in [5.74, 6) is 1.29. The summed E-state index contributed by atoms with van der Waals surface area (Å²) in [6.07, 6.45) is -2.76. The van der Waals surface area contributed by atoms with Gasteiger partial charge in [-0.2, -0.15) is 18.2 Å². The van der Waals surface area contributed by atoms with Gasteiger partial charge in [0.15, 0.2) is 5.82 Å². The van der Waals surface area contributed by atoms with Crippen LogP contribution < -0.4 is 5.32 Å². The van der Waals surface area contributed by atoms with Gasteiger partial charge in [0.25, 0.3) is 0 Å². The molecule has 0 spiro atoms. The monoisotopic (exact) mass is 328 g/mol. The molecule has 2 aromatic rings. The molecule has 1 fully saturated rings. The Hall–Kier alpha value is -2.23. The number of rotatable bonds is 4. The highest BCUT2D eigenvalue weighted by molar-refractivity contribution is 5.37. The second kappa shape index (κ2) is 6.11. The minimum atomic E-state index is -4.47. The van der Waals surface area contributed by atoms with Crippen molar-refractivity contribution in [1.29, 1.82) is 0 Å². The Morgan fingerprint density at radius 1 is 1.39 bits per heavy atom. The molecule has 0 aliphatic carbocycles. The van der Waals surface area contributed by atoms with Crippen LogP contribution in [0.4, 0.5) is 19.0 Å². The van der Waals surface area contributed by atoms with Crippen LogP contribution in [0, 0.1) is 6.92 Å². The lowest BCUT2D eigenvalue weighted by molar-refractivity contribution is -0.141. The Balaban J connectivity index is 1.57. The first-order chi connectivity index (χ1) is 10.9. The van der Waals surface area contributed by atoms with E-state index in [-0.39, 0.29) is 11.9 Å². The molecule has 3 rings (SSSR count). The molecule has 10 heteroatoms. The lowest BCUT2D eigenvalue weighted by Crippen LogP contribution is -2.26. The van der Waals surface area contributed by atoms with Crippen molar-refractivity contribution in [3.63, 3.8) is 0 Å². The fraction of sp³-hybridized carbons (Fsp3) is 0.538. The molecule has 3 heterocycles. The molecule has 7 nitrogen and oxygen atoms in total. The maximum Gasteiger partial charge on any atom is 0.433 e. The smallest absolute Gasteiger partial charge is 0.366 e. The summed E-state index contributed by atoms with van der Waals surface area (Å²) in [6, 6.07) is 0.935. The molecule has 1 aliphatic rings. The number of anilines is 1. The SMILES string of the molecule is Cc1nc(CN2CCC(Nc3cc(C(F)(F)F)ncn3)C2)no1. The first kappa shape index (κ1) is 15.7. The molecule has 0 saturated carbocycles. The first-order valence-electron chi connectivity index (χ1n) is 7.07. The first-order valence-corrected chi connectivity index (χ1v) is 7.07. The Bertz CT molecular complexity index is 674. The van der Waals surface area contributed by atoms with Crippen LogP contribution in [-0.4, -0.2) is 44.1 Å². The molecule has 0 radical (unpaired) electrons. The van der Waals surface area contributed by atoms with E-state index in [2.05, 4.69) is 30.3 Å². The summed E-state index contributed by atoms with van der Waals surface area (Å²) in [5, 5.41) is 6.85. The van der Waals surface area contributed by atoms with Crippen molar-refractivity contribution in [1.82, 2.24) is 25.0 Å². The van der Waals surface area contributed by atoms with Gasteiger partial charge in [0.05, 0.1) is 6.54 Å². The number of aryl methyl sites for hydroxylation is 1. The van der Waals surface area contributed by atoms with Crippen molar-refractivity contribution in [3.05, 3.63) is 29.8 Å². The van der Waals surface area contributed by atoms with Gasteiger partial charge in [0.1, 0.15) is 17.8 Å². The van der Waals surface area contributed by atoms with Crippen LogP contribution in [0.25, 0.3) is 0 Å². The molecule has 0 bridgehead atoms. The van der Waals surface area contributed by atoms with E-state index in [1.54, 1.807) is 6.92 Å². The van der Waals surface area contributed by atoms with E-state index in [0.29, 0.717) is 24.8 Å². The van der Waals surface area contributed by atoms with E-state index < -0.39 is 11.9 Å². The van der Waals surface area contributed by atoms with Gasteiger partial charge in [-0.05, 0) is 6.42 Å². The zero-order valence-electron chi connectivity index (χ0n) is 12.3. The Labute approximate surface area is 129 Å². The minimum Gasteiger partial charge on any atom is -0.366 e. The molecule has 2 aromatic heterocycles. The van der Waals surface area contributed by atoms with Crippen LogP contribution in [0.1, 0.15) is 23.8 Å². The summed E-state index contributed by atoms with van der Waals surface area (Å²) in [4.78, 5) is 13.3. The van der Waals surface area contributed by atoms with E-state index in [9.17, 15) is 13.2 Å². The summed E-state index contributed by atoms with van der Waals surface area (Å²) in [7, 11) is 0. The molecule has 1 atom stereocenters. The van der Waals surface area contributed by atoms with Crippen molar-refractivity contribution >= 4 is 5.82 Å². The quantitative estimate of drug-likeness (QED) is 0.918. The third kappa shape index (κ3) is 3.95. The van der Waals surface area contributed by atoms with Crippen LogP contribution in [0.15, 0.2) is 16.9 Å². The number of hydrogen-bond acceptors (Lipinski definition) is 7. The molecule has 23 heavy (non-hydrogen) atoms. The van der Waals surface area contributed by atoms with Crippen molar-refractivity contribution in [2.45, 2.75) is 32.1 Å². The number of alkyl halides is 3. The molecule has 0 amide bonds. The highest BCUT2D eigenvalue weighted by Crippen LogP contribution is 2.28. The molecule has 1 saturated heterocycles.